The number of aromatic nitrogens is 5. The summed E-state index contributed by atoms with van der Waals surface area (Å²) in [5.74, 6) is -0.145. The molecule has 0 spiro atoms. The molecule has 3 aromatic heterocycles. The minimum Gasteiger partial charge on any atom is -0.287 e. The summed E-state index contributed by atoms with van der Waals surface area (Å²) in [4.78, 5) is 16.2. The average molecular weight is 227 g/mol. The van der Waals surface area contributed by atoms with Crippen molar-refractivity contribution in [3.63, 3.8) is 0 Å². The van der Waals surface area contributed by atoms with Crippen LogP contribution in [0.3, 0.4) is 0 Å². The number of nitrogens with zero attached hydrogens (tertiary/aromatic N) is 5. The molecule has 0 bridgehead atoms. The summed E-state index contributed by atoms with van der Waals surface area (Å²) in [5.41, 5.74) is 1.60. The molecular formula is C11H9N5O. The number of ketones is 1. The van der Waals surface area contributed by atoms with Crippen molar-refractivity contribution in [3.8, 4) is 0 Å². The van der Waals surface area contributed by atoms with Crippen LogP contribution in [0.5, 0.6) is 0 Å². The molecule has 0 aromatic carbocycles. The van der Waals surface area contributed by atoms with Gasteiger partial charge < -0.3 is 0 Å². The van der Waals surface area contributed by atoms with E-state index in [2.05, 4.69) is 15.2 Å². The number of hydrogen-bond donors (Lipinski definition) is 0. The first-order valence-corrected chi connectivity index (χ1v) is 5.07. The summed E-state index contributed by atoms with van der Waals surface area (Å²) in [7, 11) is 1.77. The maximum Gasteiger partial charge on any atom is 0.217 e. The van der Waals surface area contributed by atoms with Crippen molar-refractivity contribution < 1.29 is 4.79 Å². The Bertz CT molecular complexity index is 697. The van der Waals surface area contributed by atoms with Gasteiger partial charge >= 0.3 is 0 Å². The summed E-state index contributed by atoms with van der Waals surface area (Å²) >= 11 is 0. The van der Waals surface area contributed by atoms with E-state index >= 15 is 0 Å². The molecule has 0 aliphatic carbocycles. The maximum absolute atomic E-state index is 12.2. The molecule has 3 heterocycles. The summed E-state index contributed by atoms with van der Waals surface area (Å²) in [5, 5.41) is 8.18. The van der Waals surface area contributed by atoms with E-state index in [0.29, 0.717) is 16.8 Å². The third kappa shape index (κ3) is 1.50. The Morgan fingerprint density at radius 3 is 2.94 bits per heavy atom. The van der Waals surface area contributed by atoms with E-state index in [0.717, 1.165) is 0 Å². The summed E-state index contributed by atoms with van der Waals surface area (Å²) in [6.07, 6.45) is 8.20. The average Bonchev–Trinajstić information content (AvgIpc) is 2.94. The van der Waals surface area contributed by atoms with Gasteiger partial charge in [0.05, 0.1) is 23.5 Å². The minimum absolute atomic E-state index is 0.145. The van der Waals surface area contributed by atoms with Crippen LogP contribution in [-0.4, -0.2) is 30.2 Å². The largest absolute Gasteiger partial charge is 0.287 e. The maximum atomic E-state index is 12.2. The lowest BCUT2D eigenvalue weighted by Crippen LogP contribution is -2.03. The molecule has 84 valence electrons. The van der Waals surface area contributed by atoms with Crippen LogP contribution >= 0.6 is 0 Å². The quantitative estimate of drug-likeness (QED) is 0.604. The molecule has 6 heteroatoms. The summed E-state index contributed by atoms with van der Waals surface area (Å²) < 4.78 is 3.21. The van der Waals surface area contributed by atoms with E-state index in [1.54, 1.807) is 47.1 Å². The van der Waals surface area contributed by atoms with Gasteiger partial charge in [-0.2, -0.15) is 10.2 Å². The Kier molecular flexibility index (Phi) is 2.01. The van der Waals surface area contributed by atoms with E-state index < -0.39 is 0 Å². The second-order valence-electron chi connectivity index (χ2n) is 3.67. The van der Waals surface area contributed by atoms with Crippen LogP contribution in [-0.2, 0) is 7.05 Å². The van der Waals surface area contributed by atoms with Gasteiger partial charge in [-0.1, -0.05) is 0 Å². The van der Waals surface area contributed by atoms with E-state index in [9.17, 15) is 4.79 Å². The molecule has 0 unspecified atom stereocenters. The van der Waals surface area contributed by atoms with Crippen LogP contribution < -0.4 is 0 Å². The van der Waals surface area contributed by atoms with Gasteiger partial charge in [-0.05, 0) is 6.07 Å². The Labute approximate surface area is 96.5 Å². The van der Waals surface area contributed by atoms with E-state index in [1.165, 1.54) is 6.20 Å². The van der Waals surface area contributed by atoms with Gasteiger partial charge in [-0.3, -0.25) is 14.5 Å². The normalized spacial score (nSPS) is 10.9. The number of aryl methyl sites for hydroxylation is 1. The van der Waals surface area contributed by atoms with Gasteiger partial charge in [0.1, 0.15) is 5.69 Å². The van der Waals surface area contributed by atoms with Crippen molar-refractivity contribution in [2.75, 3.05) is 0 Å². The molecule has 3 rings (SSSR count). The molecule has 0 saturated heterocycles. The first kappa shape index (κ1) is 9.71. The number of carbonyl (C=O) groups excluding carboxylic acids is 1. The summed E-state index contributed by atoms with van der Waals surface area (Å²) in [6, 6.07) is 1.68. The van der Waals surface area contributed by atoms with Gasteiger partial charge in [-0.15, -0.1) is 0 Å². The molecule has 0 atom stereocenters. The highest BCUT2D eigenvalue weighted by Crippen LogP contribution is 2.13. The molecule has 0 N–H and O–H groups in total. The fourth-order valence-corrected chi connectivity index (χ4v) is 1.68. The molecule has 17 heavy (non-hydrogen) atoms. The second-order valence-corrected chi connectivity index (χ2v) is 3.67. The van der Waals surface area contributed by atoms with Crippen molar-refractivity contribution in [3.05, 3.63) is 48.3 Å². The highest BCUT2D eigenvalue weighted by Gasteiger charge is 2.16. The van der Waals surface area contributed by atoms with Crippen LogP contribution in [0, 0.1) is 0 Å². The SMILES string of the molecule is Cn1ccc(C(=O)c2cnn3ccncc23)n1. The molecule has 0 fully saturated rings. The van der Waals surface area contributed by atoms with E-state index in [1.807, 2.05) is 0 Å². The number of hydrogen-bond acceptors (Lipinski definition) is 4. The zero-order valence-corrected chi connectivity index (χ0v) is 9.11. The lowest BCUT2D eigenvalue weighted by atomic mass is 10.1. The lowest BCUT2D eigenvalue weighted by Gasteiger charge is -1.94. The van der Waals surface area contributed by atoms with Gasteiger partial charge in [0, 0.05) is 25.6 Å². The molecule has 0 aliphatic heterocycles. The predicted octanol–water partition coefficient (Wildman–Crippen LogP) is 0.694. The number of carbonyl (C=O) groups is 1. The van der Waals surface area contributed by atoms with Crippen LogP contribution in [0.15, 0.2) is 37.1 Å². The first-order chi connectivity index (χ1) is 8.25. The number of fused-ring (bicyclic) bond motifs is 1. The molecular weight excluding hydrogens is 218 g/mol. The van der Waals surface area contributed by atoms with Gasteiger partial charge in [0.15, 0.2) is 0 Å². The summed E-state index contributed by atoms with van der Waals surface area (Å²) in [6.45, 7) is 0. The van der Waals surface area contributed by atoms with Crippen molar-refractivity contribution in [2.45, 2.75) is 0 Å². The van der Waals surface area contributed by atoms with Crippen LogP contribution in [0.4, 0.5) is 0 Å². The minimum atomic E-state index is -0.145. The molecule has 6 nitrogen and oxygen atoms in total. The molecule has 0 radical (unpaired) electrons. The van der Waals surface area contributed by atoms with E-state index in [-0.39, 0.29) is 5.78 Å². The molecule has 0 amide bonds. The molecule has 0 aliphatic rings. The van der Waals surface area contributed by atoms with E-state index in [4.69, 9.17) is 0 Å². The number of rotatable bonds is 2. The zero-order valence-electron chi connectivity index (χ0n) is 9.11. The first-order valence-electron chi connectivity index (χ1n) is 5.07. The van der Waals surface area contributed by atoms with Gasteiger partial charge in [-0.25, -0.2) is 4.52 Å². The van der Waals surface area contributed by atoms with Crippen molar-refractivity contribution >= 4 is 11.3 Å². The van der Waals surface area contributed by atoms with Gasteiger partial charge in [0.25, 0.3) is 0 Å². The fraction of sp³-hybridized carbons (Fsp3) is 0.0909. The van der Waals surface area contributed by atoms with Crippen LogP contribution in [0.2, 0.25) is 0 Å². The van der Waals surface area contributed by atoms with Crippen molar-refractivity contribution in [1.29, 1.82) is 0 Å². The Hall–Kier alpha value is -2.50. The van der Waals surface area contributed by atoms with Crippen molar-refractivity contribution in [2.24, 2.45) is 7.05 Å². The van der Waals surface area contributed by atoms with Crippen LogP contribution in [0.25, 0.3) is 5.52 Å². The Morgan fingerprint density at radius 1 is 1.29 bits per heavy atom. The highest BCUT2D eigenvalue weighted by molar-refractivity contribution is 6.11. The topological polar surface area (TPSA) is 65.1 Å². The second kappa shape index (κ2) is 3.51. The Morgan fingerprint density at radius 2 is 2.18 bits per heavy atom. The molecule has 3 aromatic rings. The third-order valence-electron chi connectivity index (χ3n) is 2.52. The fourth-order valence-electron chi connectivity index (χ4n) is 1.68. The standard InChI is InChI=1S/C11H9N5O/c1-15-4-2-9(14-15)11(17)8-6-13-16-5-3-12-7-10(8)16/h2-7H,1H3. The predicted molar refractivity (Wildman–Crippen MR) is 59.6 cm³/mol. The van der Waals surface area contributed by atoms with Crippen LogP contribution in [0.1, 0.15) is 16.1 Å². The Balaban J connectivity index is 2.13. The van der Waals surface area contributed by atoms with Gasteiger partial charge in [0.2, 0.25) is 5.78 Å². The smallest absolute Gasteiger partial charge is 0.217 e. The monoisotopic (exact) mass is 227 g/mol. The highest BCUT2D eigenvalue weighted by atomic mass is 16.1. The zero-order chi connectivity index (χ0) is 11.8. The molecule has 0 saturated carbocycles. The lowest BCUT2D eigenvalue weighted by molar-refractivity contribution is 0.103. The van der Waals surface area contributed by atoms with Crippen molar-refractivity contribution in [1.82, 2.24) is 24.4 Å². The third-order valence-corrected chi connectivity index (χ3v) is 2.52.